The van der Waals surface area contributed by atoms with Crippen LogP contribution in [0.3, 0.4) is 0 Å². The van der Waals surface area contributed by atoms with E-state index in [0.717, 1.165) is 5.52 Å². The van der Waals surface area contributed by atoms with Gasteiger partial charge in [0.05, 0.1) is 5.52 Å². The van der Waals surface area contributed by atoms with Crippen LogP contribution in [-0.2, 0) is 0 Å². The first-order chi connectivity index (χ1) is 8.40. The third kappa shape index (κ3) is 3.31. The topological polar surface area (TPSA) is 16.1 Å². The Bertz CT molecular complexity index is 408. The predicted molar refractivity (Wildman–Crippen MR) is 72.7 cm³/mol. The normalized spacial score (nSPS) is 14.2. The van der Waals surface area contributed by atoms with Crippen LogP contribution < -0.4 is 0 Å². The first kappa shape index (κ1) is 11.6. The lowest BCUT2D eigenvalue weighted by Gasteiger charge is -2.07. The molecule has 1 aromatic heterocycles. The molecular weight excluding hydrogens is 208 g/mol. The Morgan fingerprint density at radius 3 is 2.41 bits per heavy atom. The molecule has 0 bridgehead atoms. The minimum absolute atomic E-state index is 1.06. The first-order valence-electron chi connectivity index (χ1n) is 6.06. The number of fused-ring (bicyclic) bond motifs is 1. The van der Waals surface area contributed by atoms with Crippen molar-refractivity contribution in [1.29, 1.82) is 0 Å². The molecule has 1 aliphatic heterocycles. The summed E-state index contributed by atoms with van der Waals surface area (Å²) >= 11 is 0. The van der Waals surface area contributed by atoms with E-state index in [2.05, 4.69) is 28.6 Å². The molecular formula is C15H18N2. The van der Waals surface area contributed by atoms with E-state index in [1.54, 1.807) is 0 Å². The highest BCUT2D eigenvalue weighted by Crippen LogP contribution is 2.08. The van der Waals surface area contributed by atoms with E-state index in [1.807, 2.05) is 36.7 Å². The Kier molecular flexibility index (Phi) is 4.14. The predicted octanol–water partition coefficient (Wildman–Crippen LogP) is 3.46. The average molecular weight is 226 g/mol. The van der Waals surface area contributed by atoms with Crippen molar-refractivity contribution in [3.8, 4) is 0 Å². The fourth-order valence-corrected chi connectivity index (χ4v) is 1.94. The van der Waals surface area contributed by atoms with E-state index in [0.29, 0.717) is 0 Å². The van der Waals surface area contributed by atoms with Crippen LogP contribution in [0.4, 0.5) is 0 Å². The molecule has 1 saturated heterocycles. The van der Waals surface area contributed by atoms with Crippen molar-refractivity contribution in [2.45, 2.75) is 12.8 Å². The van der Waals surface area contributed by atoms with Gasteiger partial charge < -0.3 is 4.90 Å². The number of benzene rings is 1. The van der Waals surface area contributed by atoms with Crippen LogP contribution in [0, 0.1) is 0 Å². The molecule has 2 nitrogen and oxygen atoms in total. The summed E-state index contributed by atoms with van der Waals surface area (Å²) in [4.78, 5) is 6.43. The third-order valence-electron chi connectivity index (χ3n) is 2.91. The van der Waals surface area contributed by atoms with Crippen LogP contribution in [-0.4, -0.2) is 23.0 Å². The maximum Gasteiger partial charge on any atom is 0.0701 e. The Morgan fingerprint density at radius 1 is 1.06 bits per heavy atom. The van der Waals surface area contributed by atoms with Crippen LogP contribution in [0.2, 0.25) is 0 Å². The SMILES string of the molecule is C=CN1CCCC1.c1ccc2ncccc2c1. The maximum atomic E-state index is 4.18. The van der Waals surface area contributed by atoms with Crippen molar-refractivity contribution in [2.24, 2.45) is 0 Å². The molecule has 2 heteroatoms. The third-order valence-corrected chi connectivity index (χ3v) is 2.91. The molecule has 1 fully saturated rings. The minimum Gasteiger partial charge on any atom is -0.378 e. The number of hydrogen-bond donors (Lipinski definition) is 0. The van der Waals surface area contributed by atoms with Crippen molar-refractivity contribution in [1.82, 2.24) is 9.88 Å². The molecule has 2 heterocycles. The van der Waals surface area contributed by atoms with Crippen molar-refractivity contribution < 1.29 is 0 Å². The zero-order valence-electron chi connectivity index (χ0n) is 10.0. The summed E-state index contributed by atoms with van der Waals surface area (Å²) in [7, 11) is 0. The van der Waals surface area contributed by atoms with Gasteiger partial charge in [-0.2, -0.15) is 0 Å². The Labute approximate surface area is 103 Å². The minimum atomic E-state index is 1.06. The van der Waals surface area contributed by atoms with Gasteiger partial charge in [0.2, 0.25) is 0 Å². The van der Waals surface area contributed by atoms with Gasteiger partial charge in [-0.05, 0) is 31.2 Å². The van der Waals surface area contributed by atoms with E-state index in [9.17, 15) is 0 Å². The molecule has 0 spiro atoms. The second-order valence-corrected chi connectivity index (χ2v) is 4.12. The van der Waals surface area contributed by atoms with Gasteiger partial charge in [0.1, 0.15) is 0 Å². The fourth-order valence-electron chi connectivity index (χ4n) is 1.94. The number of hydrogen-bond acceptors (Lipinski definition) is 2. The number of nitrogens with zero attached hydrogens (tertiary/aromatic N) is 2. The van der Waals surface area contributed by atoms with Crippen LogP contribution in [0.5, 0.6) is 0 Å². The summed E-state index contributed by atoms with van der Waals surface area (Å²) in [6.45, 7) is 6.12. The van der Waals surface area contributed by atoms with Gasteiger partial charge in [-0.1, -0.05) is 30.8 Å². The molecule has 0 aliphatic carbocycles. The van der Waals surface area contributed by atoms with Crippen LogP contribution >= 0.6 is 0 Å². The van der Waals surface area contributed by atoms with Gasteiger partial charge in [-0.3, -0.25) is 4.98 Å². The highest BCUT2D eigenvalue weighted by atomic mass is 15.1. The van der Waals surface area contributed by atoms with Gasteiger partial charge in [0.25, 0.3) is 0 Å². The number of likely N-dealkylation sites (tertiary alicyclic amines) is 1. The van der Waals surface area contributed by atoms with Gasteiger partial charge in [-0.15, -0.1) is 0 Å². The van der Waals surface area contributed by atoms with Crippen LogP contribution in [0.1, 0.15) is 12.8 Å². The molecule has 1 aliphatic rings. The molecule has 1 aromatic carbocycles. The van der Waals surface area contributed by atoms with Crippen molar-refractivity contribution >= 4 is 10.9 Å². The van der Waals surface area contributed by atoms with E-state index in [-0.39, 0.29) is 0 Å². The molecule has 3 rings (SSSR count). The van der Waals surface area contributed by atoms with Crippen molar-refractivity contribution in [2.75, 3.05) is 13.1 Å². The Balaban J connectivity index is 0.000000136. The van der Waals surface area contributed by atoms with Crippen molar-refractivity contribution in [3.05, 3.63) is 55.4 Å². The highest BCUT2D eigenvalue weighted by molar-refractivity contribution is 5.77. The second-order valence-electron chi connectivity index (χ2n) is 4.12. The smallest absolute Gasteiger partial charge is 0.0701 e. The molecule has 0 atom stereocenters. The van der Waals surface area contributed by atoms with Gasteiger partial charge in [0.15, 0.2) is 0 Å². The molecule has 17 heavy (non-hydrogen) atoms. The summed E-state index contributed by atoms with van der Waals surface area (Å²) in [5, 5.41) is 1.20. The standard InChI is InChI=1S/C9H7N.C6H11N/c1-2-6-9-8(4-1)5-3-7-10-9;1-2-7-5-3-4-6-7/h1-7H;2H,1,3-6H2. The monoisotopic (exact) mass is 226 g/mol. The largest absolute Gasteiger partial charge is 0.378 e. The van der Waals surface area contributed by atoms with Crippen LogP contribution in [0.15, 0.2) is 55.4 Å². The highest BCUT2D eigenvalue weighted by Gasteiger charge is 2.04. The van der Waals surface area contributed by atoms with Gasteiger partial charge >= 0.3 is 0 Å². The van der Waals surface area contributed by atoms with E-state index in [1.165, 1.54) is 31.3 Å². The lowest BCUT2D eigenvalue weighted by molar-refractivity contribution is 0.469. The first-order valence-corrected chi connectivity index (χ1v) is 6.06. The molecule has 88 valence electrons. The van der Waals surface area contributed by atoms with Crippen molar-refractivity contribution in [3.63, 3.8) is 0 Å². The molecule has 0 amide bonds. The van der Waals surface area contributed by atoms with E-state index < -0.39 is 0 Å². The zero-order valence-corrected chi connectivity index (χ0v) is 10.0. The summed E-state index contributed by atoms with van der Waals surface area (Å²) in [6, 6.07) is 12.1. The zero-order chi connectivity index (χ0) is 11.9. The molecule has 0 unspecified atom stereocenters. The average Bonchev–Trinajstić information content (AvgIpc) is 2.93. The number of aromatic nitrogens is 1. The van der Waals surface area contributed by atoms with Gasteiger partial charge in [-0.25, -0.2) is 0 Å². The van der Waals surface area contributed by atoms with E-state index in [4.69, 9.17) is 0 Å². The Hall–Kier alpha value is -1.83. The fraction of sp³-hybridized carbons (Fsp3) is 0.267. The summed E-state index contributed by atoms with van der Waals surface area (Å²) in [5.74, 6) is 0. The molecule has 0 saturated carbocycles. The lowest BCUT2D eigenvalue weighted by Crippen LogP contribution is -2.08. The Morgan fingerprint density at radius 2 is 1.76 bits per heavy atom. The van der Waals surface area contributed by atoms with E-state index >= 15 is 0 Å². The second kappa shape index (κ2) is 6.04. The van der Waals surface area contributed by atoms with Gasteiger partial charge in [0, 0.05) is 24.7 Å². The number of rotatable bonds is 1. The number of para-hydroxylation sites is 1. The lowest BCUT2D eigenvalue weighted by atomic mass is 10.2. The van der Waals surface area contributed by atoms with Crippen LogP contribution in [0.25, 0.3) is 10.9 Å². The molecule has 0 N–H and O–H groups in total. The molecule has 2 aromatic rings. The summed E-state index contributed by atoms with van der Waals surface area (Å²) < 4.78 is 0. The summed E-state index contributed by atoms with van der Waals surface area (Å²) in [5.41, 5.74) is 1.06. The maximum absolute atomic E-state index is 4.18. The molecule has 0 radical (unpaired) electrons. The quantitative estimate of drug-likeness (QED) is 0.740. The summed E-state index contributed by atoms with van der Waals surface area (Å²) in [6.07, 6.45) is 6.44. The number of pyridine rings is 1.